The van der Waals surface area contributed by atoms with Crippen molar-refractivity contribution in [3.63, 3.8) is 0 Å². The summed E-state index contributed by atoms with van der Waals surface area (Å²) in [5.41, 5.74) is 4.52. The van der Waals surface area contributed by atoms with E-state index in [0.717, 1.165) is 5.56 Å². The molecular weight excluding hydrogens is 270 g/mol. The average Bonchev–Trinajstić information content (AvgIpc) is 2.54. The highest BCUT2D eigenvalue weighted by Crippen LogP contribution is 2.28. The smallest absolute Gasteiger partial charge is 0.0761 e. The highest BCUT2D eigenvalue weighted by molar-refractivity contribution is 5.89. The summed E-state index contributed by atoms with van der Waals surface area (Å²) in [6.45, 7) is 1.79. The molecule has 0 amide bonds. The highest BCUT2D eigenvalue weighted by atomic mass is 16.3. The fourth-order valence-electron chi connectivity index (χ4n) is 2.64. The van der Waals surface area contributed by atoms with E-state index >= 15 is 0 Å². The Balaban J connectivity index is 1.99. The quantitative estimate of drug-likeness (QED) is 0.760. The minimum atomic E-state index is -0.421. The van der Waals surface area contributed by atoms with Crippen LogP contribution < -0.4 is 4.90 Å². The molecule has 22 heavy (non-hydrogen) atoms. The summed E-state index contributed by atoms with van der Waals surface area (Å²) < 4.78 is 0. The van der Waals surface area contributed by atoms with Gasteiger partial charge in [-0.05, 0) is 52.6 Å². The molecule has 112 valence electrons. The van der Waals surface area contributed by atoms with E-state index in [1.165, 1.54) is 27.6 Å². The normalized spacial score (nSPS) is 12.4. The second-order valence-corrected chi connectivity index (χ2v) is 5.94. The predicted molar refractivity (Wildman–Crippen MR) is 94.3 cm³/mol. The van der Waals surface area contributed by atoms with Gasteiger partial charge < -0.3 is 10.0 Å². The molecule has 2 nitrogen and oxygen atoms in total. The fourth-order valence-corrected chi connectivity index (χ4v) is 2.64. The number of anilines is 1. The van der Waals surface area contributed by atoms with Gasteiger partial charge in [-0.25, -0.2) is 0 Å². The van der Waals surface area contributed by atoms with Crippen molar-refractivity contribution in [2.45, 2.75) is 13.0 Å². The van der Waals surface area contributed by atoms with Gasteiger partial charge in [0.25, 0.3) is 0 Å². The third-order valence-electron chi connectivity index (χ3n) is 4.07. The minimum absolute atomic E-state index is 0.421. The van der Waals surface area contributed by atoms with Gasteiger partial charge in [0.2, 0.25) is 0 Å². The Morgan fingerprint density at radius 1 is 0.773 bits per heavy atom. The largest absolute Gasteiger partial charge is 0.389 e. The third kappa shape index (κ3) is 2.83. The first-order chi connectivity index (χ1) is 10.5. The maximum Gasteiger partial charge on any atom is 0.0761 e. The molecule has 0 aromatic heterocycles. The molecular formula is C20H21NO. The number of fused-ring (bicyclic) bond motifs is 1. The molecule has 0 fully saturated rings. The lowest BCUT2D eigenvalue weighted by atomic mass is 9.99. The van der Waals surface area contributed by atoms with Crippen LogP contribution >= 0.6 is 0 Å². The van der Waals surface area contributed by atoms with E-state index in [9.17, 15) is 5.11 Å². The molecule has 1 atom stereocenters. The number of benzene rings is 3. The fraction of sp³-hybridized carbons (Fsp3) is 0.200. The van der Waals surface area contributed by atoms with Crippen LogP contribution in [0.1, 0.15) is 18.6 Å². The summed E-state index contributed by atoms with van der Waals surface area (Å²) in [6, 6.07) is 21.1. The molecule has 3 aromatic rings. The van der Waals surface area contributed by atoms with Gasteiger partial charge in [0.15, 0.2) is 0 Å². The molecule has 0 heterocycles. The van der Waals surface area contributed by atoms with Crippen molar-refractivity contribution in [2.24, 2.45) is 0 Å². The standard InChI is InChI=1S/C20H21NO/c1-14(22)15-4-6-16(7-5-15)17-8-9-19-13-20(21(2)3)11-10-18(19)12-17/h4-14,22H,1-3H3. The summed E-state index contributed by atoms with van der Waals surface area (Å²) in [5, 5.41) is 12.1. The number of aliphatic hydroxyl groups excluding tert-OH is 1. The molecule has 0 saturated heterocycles. The Labute approximate surface area is 131 Å². The van der Waals surface area contributed by atoms with E-state index in [4.69, 9.17) is 0 Å². The van der Waals surface area contributed by atoms with Gasteiger partial charge in [0.05, 0.1) is 6.10 Å². The molecule has 0 aliphatic heterocycles. The van der Waals surface area contributed by atoms with Crippen molar-refractivity contribution in [1.29, 1.82) is 0 Å². The molecule has 1 unspecified atom stereocenters. The Bertz CT molecular complexity index is 788. The highest BCUT2D eigenvalue weighted by Gasteiger charge is 2.04. The first kappa shape index (κ1) is 14.6. The molecule has 0 spiro atoms. The van der Waals surface area contributed by atoms with Crippen molar-refractivity contribution in [3.8, 4) is 11.1 Å². The molecule has 0 bridgehead atoms. The molecule has 1 N–H and O–H groups in total. The van der Waals surface area contributed by atoms with Crippen LogP contribution in [0.15, 0.2) is 60.7 Å². The summed E-state index contributed by atoms with van der Waals surface area (Å²) in [4.78, 5) is 2.11. The predicted octanol–water partition coefficient (Wildman–Crippen LogP) is 4.63. The lowest BCUT2D eigenvalue weighted by molar-refractivity contribution is 0.199. The van der Waals surface area contributed by atoms with Crippen LogP contribution in [0.25, 0.3) is 21.9 Å². The van der Waals surface area contributed by atoms with Crippen molar-refractivity contribution < 1.29 is 5.11 Å². The van der Waals surface area contributed by atoms with Gasteiger partial charge in [0, 0.05) is 19.8 Å². The number of hydrogen-bond donors (Lipinski definition) is 1. The number of rotatable bonds is 3. The van der Waals surface area contributed by atoms with Crippen molar-refractivity contribution in [3.05, 3.63) is 66.2 Å². The molecule has 0 aliphatic carbocycles. The Morgan fingerprint density at radius 2 is 1.36 bits per heavy atom. The van der Waals surface area contributed by atoms with E-state index in [-0.39, 0.29) is 0 Å². The Morgan fingerprint density at radius 3 is 2.00 bits per heavy atom. The SMILES string of the molecule is CC(O)c1ccc(-c2ccc3cc(N(C)C)ccc3c2)cc1. The van der Waals surface area contributed by atoms with E-state index in [1.54, 1.807) is 6.92 Å². The monoisotopic (exact) mass is 291 g/mol. The number of aliphatic hydroxyl groups is 1. The summed E-state index contributed by atoms with van der Waals surface area (Å²) >= 11 is 0. The van der Waals surface area contributed by atoms with E-state index in [1.807, 2.05) is 12.1 Å². The first-order valence-corrected chi connectivity index (χ1v) is 7.54. The first-order valence-electron chi connectivity index (χ1n) is 7.54. The van der Waals surface area contributed by atoms with Crippen LogP contribution in [0.3, 0.4) is 0 Å². The van der Waals surface area contributed by atoms with Crippen LogP contribution in [0.5, 0.6) is 0 Å². The molecule has 2 heteroatoms. The van der Waals surface area contributed by atoms with Crippen molar-refractivity contribution >= 4 is 16.5 Å². The van der Waals surface area contributed by atoms with Gasteiger partial charge in [0.1, 0.15) is 0 Å². The van der Waals surface area contributed by atoms with Gasteiger partial charge in [-0.2, -0.15) is 0 Å². The zero-order valence-corrected chi connectivity index (χ0v) is 13.2. The van der Waals surface area contributed by atoms with E-state index in [2.05, 4.69) is 67.5 Å². The van der Waals surface area contributed by atoms with E-state index < -0.39 is 6.10 Å². The third-order valence-corrected chi connectivity index (χ3v) is 4.07. The van der Waals surface area contributed by atoms with Crippen LogP contribution in [0.4, 0.5) is 5.69 Å². The van der Waals surface area contributed by atoms with Crippen LogP contribution in [-0.2, 0) is 0 Å². The van der Waals surface area contributed by atoms with Gasteiger partial charge >= 0.3 is 0 Å². The maximum atomic E-state index is 9.59. The topological polar surface area (TPSA) is 23.5 Å². The lowest BCUT2D eigenvalue weighted by Crippen LogP contribution is -2.07. The number of nitrogens with zero attached hydrogens (tertiary/aromatic N) is 1. The molecule has 3 aromatic carbocycles. The maximum absolute atomic E-state index is 9.59. The molecule has 0 radical (unpaired) electrons. The molecule has 0 saturated carbocycles. The summed E-state index contributed by atoms with van der Waals surface area (Å²) in [7, 11) is 4.11. The van der Waals surface area contributed by atoms with Crippen LogP contribution in [-0.4, -0.2) is 19.2 Å². The Hall–Kier alpha value is -2.32. The molecule has 3 rings (SSSR count). The van der Waals surface area contributed by atoms with Crippen molar-refractivity contribution in [2.75, 3.05) is 19.0 Å². The Kier molecular flexibility index (Phi) is 3.86. The zero-order valence-electron chi connectivity index (χ0n) is 13.2. The van der Waals surface area contributed by atoms with Crippen LogP contribution in [0, 0.1) is 0 Å². The van der Waals surface area contributed by atoms with Gasteiger partial charge in [-0.1, -0.05) is 42.5 Å². The zero-order chi connectivity index (χ0) is 15.7. The van der Waals surface area contributed by atoms with Gasteiger partial charge in [-0.3, -0.25) is 0 Å². The average molecular weight is 291 g/mol. The van der Waals surface area contributed by atoms with Crippen LogP contribution in [0.2, 0.25) is 0 Å². The summed E-state index contributed by atoms with van der Waals surface area (Å²) in [6.07, 6.45) is -0.421. The summed E-state index contributed by atoms with van der Waals surface area (Å²) in [5.74, 6) is 0. The lowest BCUT2D eigenvalue weighted by Gasteiger charge is -2.13. The van der Waals surface area contributed by atoms with Gasteiger partial charge in [-0.15, -0.1) is 0 Å². The van der Waals surface area contributed by atoms with E-state index in [0.29, 0.717) is 0 Å². The second kappa shape index (κ2) is 5.82. The minimum Gasteiger partial charge on any atom is -0.389 e. The second-order valence-electron chi connectivity index (χ2n) is 5.94. The number of hydrogen-bond acceptors (Lipinski definition) is 2. The molecule has 0 aliphatic rings. The van der Waals surface area contributed by atoms with Crippen molar-refractivity contribution in [1.82, 2.24) is 0 Å².